The highest BCUT2D eigenvalue weighted by Gasteiger charge is 2.11. The van der Waals surface area contributed by atoms with Crippen LogP contribution in [0.3, 0.4) is 0 Å². The Morgan fingerprint density at radius 1 is 1.27 bits per heavy atom. The molecule has 0 aliphatic heterocycles. The third kappa shape index (κ3) is 4.13. The summed E-state index contributed by atoms with van der Waals surface area (Å²) in [5, 5.41) is 17.6. The second kappa shape index (κ2) is 7.68. The molecule has 2 aromatic rings. The zero-order valence-corrected chi connectivity index (χ0v) is 12.6. The molecule has 0 fully saturated rings. The summed E-state index contributed by atoms with van der Waals surface area (Å²) >= 11 is 0. The van der Waals surface area contributed by atoms with Crippen molar-refractivity contribution in [2.24, 2.45) is 10.2 Å². The van der Waals surface area contributed by atoms with Crippen molar-refractivity contribution in [1.29, 1.82) is 0 Å². The van der Waals surface area contributed by atoms with Crippen molar-refractivity contribution in [1.82, 2.24) is 4.98 Å². The Hall–Kier alpha value is -2.24. The summed E-state index contributed by atoms with van der Waals surface area (Å²) in [6, 6.07) is 4.02. The summed E-state index contributed by atoms with van der Waals surface area (Å²) in [4.78, 5) is 14.3. The van der Waals surface area contributed by atoms with E-state index >= 15 is 0 Å². The zero-order chi connectivity index (χ0) is 15.9. The Kier molecular flexibility index (Phi) is 5.63. The van der Waals surface area contributed by atoms with Gasteiger partial charge < -0.3 is 10.1 Å². The lowest BCUT2D eigenvalue weighted by atomic mass is 10.1. The normalized spacial score (nSPS) is 11.5. The summed E-state index contributed by atoms with van der Waals surface area (Å²) in [5.74, 6) is -0.994. The molecule has 1 aromatic carbocycles. The fourth-order valence-corrected chi connectivity index (χ4v) is 2.27. The first-order valence-electron chi connectivity index (χ1n) is 7.56. The standard InChI is InChI=1S/C16H20FN3O2/c1-2-3-4-5-6-7-14(21)19-20-15-12-10-11(17)8-9-13(12)18-16(15)22/h8-10,18,22H,2-7H2,1H3. The first kappa shape index (κ1) is 16.1. The molecule has 0 bridgehead atoms. The van der Waals surface area contributed by atoms with Crippen LogP contribution in [0, 0.1) is 5.82 Å². The minimum absolute atomic E-state index is 0.0915. The number of nitrogens with zero attached hydrogens (tertiary/aromatic N) is 2. The van der Waals surface area contributed by atoms with Gasteiger partial charge in [0.15, 0.2) is 5.69 Å². The van der Waals surface area contributed by atoms with Gasteiger partial charge in [-0.2, -0.15) is 0 Å². The Morgan fingerprint density at radius 2 is 2.05 bits per heavy atom. The van der Waals surface area contributed by atoms with Gasteiger partial charge in [-0.25, -0.2) is 4.39 Å². The van der Waals surface area contributed by atoms with E-state index in [2.05, 4.69) is 22.1 Å². The number of rotatable bonds is 7. The van der Waals surface area contributed by atoms with Gasteiger partial charge in [0.25, 0.3) is 5.91 Å². The lowest BCUT2D eigenvalue weighted by Gasteiger charge is -1.96. The number of hydrogen-bond acceptors (Lipinski definition) is 3. The van der Waals surface area contributed by atoms with E-state index < -0.39 is 5.82 Å². The molecule has 118 valence electrons. The van der Waals surface area contributed by atoms with E-state index in [1.54, 1.807) is 0 Å². The molecule has 0 spiro atoms. The number of halogens is 1. The lowest BCUT2D eigenvalue weighted by molar-refractivity contribution is -0.118. The van der Waals surface area contributed by atoms with Gasteiger partial charge in [0.2, 0.25) is 5.88 Å². The number of aromatic amines is 1. The van der Waals surface area contributed by atoms with Crippen LogP contribution in [0.1, 0.15) is 45.4 Å². The highest BCUT2D eigenvalue weighted by Crippen LogP contribution is 2.35. The maximum absolute atomic E-state index is 13.3. The topological polar surface area (TPSA) is 77.8 Å². The molecule has 0 aliphatic rings. The molecular weight excluding hydrogens is 285 g/mol. The molecule has 0 radical (unpaired) electrons. The molecule has 5 nitrogen and oxygen atoms in total. The van der Waals surface area contributed by atoms with Crippen molar-refractivity contribution in [2.75, 3.05) is 0 Å². The maximum atomic E-state index is 13.3. The van der Waals surface area contributed by atoms with E-state index in [0.717, 1.165) is 25.7 Å². The zero-order valence-electron chi connectivity index (χ0n) is 12.6. The van der Waals surface area contributed by atoms with Gasteiger partial charge in [-0.3, -0.25) is 4.79 Å². The van der Waals surface area contributed by atoms with Crippen molar-refractivity contribution >= 4 is 22.5 Å². The first-order chi connectivity index (χ1) is 10.6. The number of H-pyrrole nitrogens is 1. The summed E-state index contributed by atoms with van der Waals surface area (Å²) in [6.45, 7) is 2.13. The van der Waals surface area contributed by atoms with E-state index in [9.17, 15) is 14.3 Å². The average Bonchev–Trinajstić information content (AvgIpc) is 2.80. The summed E-state index contributed by atoms with van der Waals surface area (Å²) < 4.78 is 13.3. The number of aromatic nitrogens is 1. The first-order valence-corrected chi connectivity index (χ1v) is 7.56. The number of azo groups is 1. The second-order valence-electron chi connectivity index (χ2n) is 5.27. The lowest BCUT2D eigenvalue weighted by Crippen LogP contribution is -1.91. The number of fused-ring (bicyclic) bond motifs is 1. The Balaban J connectivity index is 1.99. The molecule has 0 aliphatic carbocycles. The molecule has 2 rings (SSSR count). The van der Waals surface area contributed by atoms with Crippen molar-refractivity contribution < 1.29 is 14.3 Å². The maximum Gasteiger partial charge on any atom is 0.264 e. The fourth-order valence-electron chi connectivity index (χ4n) is 2.27. The Bertz CT molecular complexity index is 679. The van der Waals surface area contributed by atoms with Crippen molar-refractivity contribution in [3.63, 3.8) is 0 Å². The molecule has 0 unspecified atom stereocenters. The number of unbranched alkanes of at least 4 members (excludes halogenated alkanes) is 4. The number of aromatic hydroxyl groups is 1. The smallest absolute Gasteiger partial charge is 0.264 e. The van der Waals surface area contributed by atoms with Crippen LogP contribution in [0.15, 0.2) is 28.4 Å². The van der Waals surface area contributed by atoms with Crippen LogP contribution in [0.2, 0.25) is 0 Å². The second-order valence-corrected chi connectivity index (χ2v) is 5.27. The van der Waals surface area contributed by atoms with Gasteiger partial charge >= 0.3 is 0 Å². The third-order valence-corrected chi connectivity index (χ3v) is 3.47. The van der Waals surface area contributed by atoms with E-state index in [4.69, 9.17) is 0 Å². The minimum Gasteiger partial charge on any atom is -0.493 e. The number of nitrogens with one attached hydrogen (secondary N) is 1. The van der Waals surface area contributed by atoms with Gasteiger partial charge in [-0.1, -0.05) is 32.6 Å². The quantitative estimate of drug-likeness (QED) is 0.558. The third-order valence-electron chi connectivity index (χ3n) is 3.47. The van der Waals surface area contributed by atoms with Crippen LogP contribution >= 0.6 is 0 Å². The van der Waals surface area contributed by atoms with Crippen molar-refractivity contribution in [3.05, 3.63) is 24.0 Å². The molecule has 6 heteroatoms. The molecule has 1 amide bonds. The van der Waals surface area contributed by atoms with Crippen LogP contribution in [-0.2, 0) is 4.79 Å². The van der Waals surface area contributed by atoms with E-state index in [0.29, 0.717) is 17.3 Å². The van der Waals surface area contributed by atoms with Crippen LogP contribution < -0.4 is 0 Å². The number of amides is 1. The largest absolute Gasteiger partial charge is 0.493 e. The number of benzene rings is 1. The monoisotopic (exact) mass is 305 g/mol. The predicted octanol–water partition coefficient (Wildman–Crippen LogP) is 4.98. The van der Waals surface area contributed by atoms with Gasteiger partial charge in [0.1, 0.15) is 5.82 Å². The van der Waals surface area contributed by atoms with Crippen LogP contribution in [0.4, 0.5) is 10.1 Å². The van der Waals surface area contributed by atoms with E-state index in [1.807, 2.05) is 0 Å². The minimum atomic E-state index is -0.440. The molecule has 0 atom stereocenters. The molecule has 0 saturated heterocycles. The van der Waals surface area contributed by atoms with Gasteiger partial charge in [-0.05, 0) is 24.6 Å². The molecular formula is C16H20FN3O2. The predicted molar refractivity (Wildman–Crippen MR) is 82.8 cm³/mol. The van der Waals surface area contributed by atoms with E-state index in [1.165, 1.54) is 24.6 Å². The highest BCUT2D eigenvalue weighted by molar-refractivity contribution is 5.94. The average molecular weight is 305 g/mol. The number of carbonyl (C=O) groups is 1. The summed E-state index contributed by atoms with van der Waals surface area (Å²) in [7, 11) is 0. The van der Waals surface area contributed by atoms with Crippen molar-refractivity contribution in [3.8, 4) is 5.88 Å². The van der Waals surface area contributed by atoms with Crippen LogP contribution in [-0.4, -0.2) is 16.0 Å². The number of hydrogen-bond donors (Lipinski definition) is 2. The molecule has 1 heterocycles. The summed E-state index contributed by atoms with van der Waals surface area (Å²) in [5.41, 5.74) is 0.633. The van der Waals surface area contributed by atoms with Gasteiger partial charge in [0.05, 0.1) is 5.52 Å². The Labute approximate surface area is 128 Å². The van der Waals surface area contributed by atoms with Crippen molar-refractivity contribution in [2.45, 2.75) is 45.4 Å². The van der Waals surface area contributed by atoms with E-state index in [-0.39, 0.29) is 17.5 Å². The van der Waals surface area contributed by atoms with Gasteiger partial charge in [-0.15, -0.1) is 10.2 Å². The molecule has 2 N–H and O–H groups in total. The highest BCUT2D eigenvalue weighted by atomic mass is 19.1. The number of carbonyl (C=O) groups excluding carboxylic acids is 1. The fraction of sp³-hybridized carbons (Fsp3) is 0.438. The Morgan fingerprint density at radius 3 is 2.82 bits per heavy atom. The summed E-state index contributed by atoms with van der Waals surface area (Å²) in [6.07, 6.45) is 5.56. The van der Waals surface area contributed by atoms with Crippen LogP contribution in [0.5, 0.6) is 5.88 Å². The molecule has 22 heavy (non-hydrogen) atoms. The van der Waals surface area contributed by atoms with Gasteiger partial charge in [0, 0.05) is 11.8 Å². The molecule has 1 aromatic heterocycles. The van der Waals surface area contributed by atoms with Crippen LogP contribution in [0.25, 0.3) is 10.9 Å². The molecule has 0 saturated carbocycles. The SMILES string of the molecule is CCCCCCCC(=O)N=Nc1c(O)[nH]c2ccc(F)cc12.